The predicted octanol–water partition coefficient (Wildman–Crippen LogP) is 2.73. The summed E-state index contributed by atoms with van der Waals surface area (Å²) in [7, 11) is 2.35. The Morgan fingerprint density at radius 2 is 1.62 bits per heavy atom. The summed E-state index contributed by atoms with van der Waals surface area (Å²) in [6, 6.07) is 1.69. The first kappa shape index (κ1) is 12.4. The average Bonchev–Trinajstić information content (AvgIpc) is 2.87. The van der Waals surface area contributed by atoms with Crippen LogP contribution < -0.4 is 0 Å². The first-order valence-electron chi connectivity index (χ1n) is 6.95. The lowest BCUT2D eigenvalue weighted by molar-refractivity contribution is 0.135. The van der Waals surface area contributed by atoms with Crippen LogP contribution in [0.3, 0.4) is 0 Å². The highest BCUT2D eigenvalue weighted by Gasteiger charge is 2.34. The summed E-state index contributed by atoms with van der Waals surface area (Å²) in [5.41, 5.74) is 0.352. The van der Waals surface area contributed by atoms with Crippen molar-refractivity contribution in [2.75, 3.05) is 20.1 Å². The van der Waals surface area contributed by atoms with Crippen LogP contribution in [-0.2, 0) is 0 Å². The maximum Gasteiger partial charge on any atom is 0.0235 e. The molecule has 0 bridgehead atoms. The molecule has 1 unspecified atom stereocenters. The van der Waals surface area contributed by atoms with Gasteiger partial charge in [-0.2, -0.15) is 0 Å². The van der Waals surface area contributed by atoms with Gasteiger partial charge in [-0.05, 0) is 47.1 Å². The first-order valence-corrected chi connectivity index (χ1v) is 6.95. The standard InChI is InChI=1S/C14H28N2/c1-14(2,3)16-10-9-13(11-16)15(4)12-7-5-6-8-12/h12-13H,5-11H2,1-4H3. The van der Waals surface area contributed by atoms with Crippen molar-refractivity contribution in [1.29, 1.82) is 0 Å². The average molecular weight is 224 g/mol. The number of rotatable bonds is 2. The summed E-state index contributed by atoms with van der Waals surface area (Å²) in [5, 5.41) is 0. The fourth-order valence-electron chi connectivity index (χ4n) is 3.29. The molecule has 1 atom stereocenters. The van der Waals surface area contributed by atoms with Crippen molar-refractivity contribution < 1.29 is 0 Å². The van der Waals surface area contributed by atoms with Gasteiger partial charge in [0.05, 0.1) is 0 Å². The highest BCUT2D eigenvalue weighted by atomic mass is 15.3. The summed E-state index contributed by atoms with van der Waals surface area (Å²) in [6.07, 6.45) is 7.13. The Labute approximate surface area is 101 Å². The summed E-state index contributed by atoms with van der Waals surface area (Å²) >= 11 is 0. The molecule has 0 aromatic rings. The molecule has 2 aliphatic rings. The van der Waals surface area contributed by atoms with Crippen LogP contribution in [0.15, 0.2) is 0 Å². The molecule has 2 rings (SSSR count). The Kier molecular flexibility index (Phi) is 3.60. The molecule has 1 aliphatic heterocycles. The molecule has 0 aromatic carbocycles. The van der Waals surface area contributed by atoms with Gasteiger partial charge in [0.1, 0.15) is 0 Å². The summed E-state index contributed by atoms with van der Waals surface area (Å²) in [4.78, 5) is 5.32. The van der Waals surface area contributed by atoms with Crippen LogP contribution in [0.5, 0.6) is 0 Å². The summed E-state index contributed by atoms with van der Waals surface area (Å²) in [5.74, 6) is 0. The molecule has 1 aliphatic carbocycles. The van der Waals surface area contributed by atoms with Crippen molar-refractivity contribution in [2.45, 2.75) is 70.5 Å². The van der Waals surface area contributed by atoms with Crippen LogP contribution in [0.1, 0.15) is 52.9 Å². The van der Waals surface area contributed by atoms with E-state index < -0.39 is 0 Å². The molecule has 0 aromatic heterocycles. The molecule has 0 N–H and O–H groups in total. The van der Waals surface area contributed by atoms with E-state index in [4.69, 9.17) is 0 Å². The quantitative estimate of drug-likeness (QED) is 0.711. The van der Waals surface area contributed by atoms with E-state index in [-0.39, 0.29) is 0 Å². The van der Waals surface area contributed by atoms with Gasteiger partial charge in [0.15, 0.2) is 0 Å². The zero-order valence-electron chi connectivity index (χ0n) is 11.5. The van der Waals surface area contributed by atoms with Crippen LogP contribution in [-0.4, -0.2) is 47.6 Å². The second-order valence-electron chi connectivity index (χ2n) is 6.66. The largest absolute Gasteiger partial charge is 0.299 e. The fourth-order valence-corrected chi connectivity index (χ4v) is 3.29. The topological polar surface area (TPSA) is 6.48 Å². The number of hydrogen-bond donors (Lipinski definition) is 0. The van der Waals surface area contributed by atoms with Crippen molar-refractivity contribution in [3.05, 3.63) is 0 Å². The highest BCUT2D eigenvalue weighted by Crippen LogP contribution is 2.29. The lowest BCUT2D eigenvalue weighted by Crippen LogP contribution is -2.44. The summed E-state index contributed by atoms with van der Waals surface area (Å²) < 4.78 is 0. The fraction of sp³-hybridized carbons (Fsp3) is 1.00. The third kappa shape index (κ3) is 2.60. The normalized spacial score (nSPS) is 29.4. The minimum atomic E-state index is 0.352. The molecular weight excluding hydrogens is 196 g/mol. The Balaban J connectivity index is 1.88. The van der Waals surface area contributed by atoms with Gasteiger partial charge in [0.2, 0.25) is 0 Å². The van der Waals surface area contributed by atoms with Gasteiger partial charge in [-0.1, -0.05) is 12.8 Å². The third-order valence-electron chi connectivity index (χ3n) is 4.59. The smallest absolute Gasteiger partial charge is 0.0235 e. The van der Waals surface area contributed by atoms with Crippen molar-refractivity contribution in [2.24, 2.45) is 0 Å². The molecule has 1 saturated carbocycles. The Morgan fingerprint density at radius 3 is 2.12 bits per heavy atom. The van der Waals surface area contributed by atoms with E-state index in [1.165, 1.54) is 45.2 Å². The maximum atomic E-state index is 2.68. The van der Waals surface area contributed by atoms with E-state index in [0.29, 0.717) is 5.54 Å². The molecule has 16 heavy (non-hydrogen) atoms. The summed E-state index contributed by atoms with van der Waals surface area (Å²) in [6.45, 7) is 9.57. The van der Waals surface area contributed by atoms with Gasteiger partial charge < -0.3 is 0 Å². The highest BCUT2D eigenvalue weighted by molar-refractivity contribution is 4.91. The van der Waals surface area contributed by atoms with Crippen LogP contribution in [0.4, 0.5) is 0 Å². The Hall–Kier alpha value is -0.0800. The minimum absolute atomic E-state index is 0.352. The SMILES string of the molecule is CN(C1CCCC1)C1CCN(C(C)(C)C)C1. The molecule has 2 nitrogen and oxygen atoms in total. The molecule has 2 fully saturated rings. The van der Waals surface area contributed by atoms with Gasteiger partial charge >= 0.3 is 0 Å². The lowest BCUT2D eigenvalue weighted by Gasteiger charge is -2.34. The molecule has 0 radical (unpaired) electrons. The monoisotopic (exact) mass is 224 g/mol. The van der Waals surface area contributed by atoms with E-state index in [0.717, 1.165) is 12.1 Å². The molecule has 0 amide bonds. The number of likely N-dealkylation sites (tertiary alicyclic amines) is 1. The lowest BCUT2D eigenvalue weighted by atomic mass is 10.1. The Bertz CT molecular complexity index is 225. The van der Waals surface area contributed by atoms with E-state index >= 15 is 0 Å². The van der Waals surface area contributed by atoms with Gasteiger partial charge in [-0.3, -0.25) is 9.80 Å². The van der Waals surface area contributed by atoms with E-state index in [9.17, 15) is 0 Å². The van der Waals surface area contributed by atoms with Crippen molar-refractivity contribution in [1.82, 2.24) is 9.80 Å². The Morgan fingerprint density at radius 1 is 1.00 bits per heavy atom. The zero-order valence-corrected chi connectivity index (χ0v) is 11.5. The third-order valence-corrected chi connectivity index (χ3v) is 4.59. The second kappa shape index (κ2) is 4.66. The van der Waals surface area contributed by atoms with Gasteiger partial charge in [-0.25, -0.2) is 0 Å². The van der Waals surface area contributed by atoms with Crippen LogP contribution >= 0.6 is 0 Å². The molecule has 1 heterocycles. The first-order chi connectivity index (χ1) is 7.48. The van der Waals surface area contributed by atoms with Gasteiger partial charge in [0.25, 0.3) is 0 Å². The van der Waals surface area contributed by atoms with Gasteiger partial charge in [0, 0.05) is 30.7 Å². The van der Waals surface area contributed by atoms with Crippen molar-refractivity contribution in [3.63, 3.8) is 0 Å². The van der Waals surface area contributed by atoms with Crippen LogP contribution in [0.2, 0.25) is 0 Å². The number of nitrogens with zero attached hydrogens (tertiary/aromatic N) is 2. The number of likely N-dealkylation sites (N-methyl/N-ethyl adjacent to an activating group) is 1. The van der Waals surface area contributed by atoms with Crippen LogP contribution in [0.25, 0.3) is 0 Å². The zero-order chi connectivity index (χ0) is 11.8. The maximum absolute atomic E-state index is 2.68. The van der Waals surface area contributed by atoms with E-state index in [1.54, 1.807) is 0 Å². The van der Waals surface area contributed by atoms with Crippen LogP contribution in [0, 0.1) is 0 Å². The number of hydrogen-bond acceptors (Lipinski definition) is 2. The minimum Gasteiger partial charge on any atom is -0.299 e. The van der Waals surface area contributed by atoms with Crippen molar-refractivity contribution in [3.8, 4) is 0 Å². The predicted molar refractivity (Wildman–Crippen MR) is 69.8 cm³/mol. The second-order valence-corrected chi connectivity index (χ2v) is 6.66. The molecule has 2 heteroatoms. The van der Waals surface area contributed by atoms with E-state index in [1.807, 2.05) is 0 Å². The molecular formula is C14H28N2. The van der Waals surface area contributed by atoms with E-state index in [2.05, 4.69) is 37.6 Å². The van der Waals surface area contributed by atoms with Gasteiger partial charge in [-0.15, -0.1) is 0 Å². The molecule has 0 spiro atoms. The molecule has 94 valence electrons. The van der Waals surface area contributed by atoms with Crippen molar-refractivity contribution >= 4 is 0 Å². The molecule has 1 saturated heterocycles.